The van der Waals surface area contributed by atoms with Crippen LogP contribution in [-0.4, -0.2) is 36.6 Å². The SMILES string of the molecule is Cc1ccc(N=C2S/C(=C\c3ccc(N(C)C)cc3)C(=O)N2CCc2ccccc2)cc1. The van der Waals surface area contributed by atoms with Crippen LogP contribution in [0.4, 0.5) is 11.4 Å². The maximum atomic E-state index is 13.3. The summed E-state index contributed by atoms with van der Waals surface area (Å²) in [5.74, 6) is 0.00785. The molecule has 0 unspecified atom stereocenters. The minimum absolute atomic E-state index is 0.00785. The van der Waals surface area contributed by atoms with Gasteiger partial charge in [-0.2, -0.15) is 0 Å². The molecule has 0 aromatic heterocycles. The van der Waals surface area contributed by atoms with Gasteiger partial charge in [0.1, 0.15) is 0 Å². The largest absolute Gasteiger partial charge is 0.378 e. The lowest BCUT2D eigenvalue weighted by Gasteiger charge is -2.15. The molecule has 1 aliphatic heterocycles. The number of carbonyl (C=O) groups is 1. The molecular weight excluding hydrogens is 414 g/mol. The highest BCUT2D eigenvalue weighted by Gasteiger charge is 2.33. The van der Waals surface area contributed by atoms with E-state index in [2.05, 4.69) is 36.1 Å². The smallest absolute Gasteiger partial charge is 0.266 e. The summed E-state index contributed by atoms with van der Waals surface area (Å²) in [6, 6.07) is 26.5. The number of benzene rings is 3. The molecule has 5 heteroatoms. The number of nitrogens with zero attached hydrogens (tertiary/aromatic N) is 3. The molecule has 0 spiro atoms. The summed E-state index contributed by atoms with van der Waals surface area (Å²) in [5, 5.41) is 0.728. The summed E-state index contributed by atoms with van der Waals surface area (Å²) in [6.07, 6.45) is 2.74. The van der Waals surface area contributed by atoms with Crippen LogP contribution in [0.3, 0.4) is 0 Å². The van der Waals surface area contributed by atoms with Gasteiger partial charge in [-0.15, -0.1) is 0 Å². The van der Waals surface area contributed by atoms with Gasteiger partial charge in [0, 0.05) is 26.3 Å². The maximum Gasteiger partial charge on any atom is 0.266 e. The number of hydrogen-bond donors (Lipinski definition) is 0. The Morgan fingerprint density at radius 3 is 2.28 bits per heavy atom. The van der Waals surface area contributed by atoms with E-state index in [0.717, 1.165) is 28.5 Å². The van der Waals surface area contributed by atoms with E-state index in [4.69, 9.17) is 4.99 Å². The van der Waals surface area contributed by atoms with Crippen LogP contribution in [0.25, 0.3) is 6.08 Å². The molecule has 1 aliphatic rings. The Hall–Kier alpha value is -3.31. The van der Waals surface area contributed by atoms with Gasteiger partial charge in [-0.1, -0.05) is 60.2 Å². The first-order valence-corrected chi connectivity index (χ1v) is 11.5. The zero-order chi connectivity index (χ0) is 22.5. The molecule has 0 saturated carbocycles. The van der Waals surface area contributed by atoms with Crippen molar-refractivity contribution in [2.75, 3.05) is 25.5 Å². The lowest BCUT2D eigenvalue weighted by atomic mass is 10.1. The van der Waals surface area contributed by atoms with Crippen molar-refractivity contribution in [2.24, 2.45) is 4.99 Å². The Bertz CT molecular complexity index is 1130. The van der Waals surface area contributed by atoms with Gasteiger partial charge in [0.25, 0.3) is 5.91 Å². The van der Waals surface area contributed by atoms with Gasteiger partial charge < -0.3 is 4.90 Å². The predicted octanol–water partition coefficient (Wildman–Crippen LogP) is 5.91. The molecule has 3 aromatic carbocycles. The first-order chi connectivity index (χ1) is 15.5. The number of thioether (sulfide) groups is 1. The van der Waals surface area contributed by atoms with E-state index in [1.165, 1.54) is 22.9 Å². The molecule has 0 bridgehead atoms. The minimum atomic E-state index is 0.00785. The summed E-state index contributed by atoms with van der Waals surface area (Å²) >= 11 is 1.44. The fraction of sp³-hybridized carbons (Fsp3) is 0.185. The Balaban J connectivity index is 1.61. The van der Waals surface area contributed by atoms with Crippen molar-refractivity contribution in [1.29, 1.82) is 0 Å². The van der Waals surface area contributed by atoms with E-state index >= 15 is 0 Å². The lowest BCUT2D eigenvalue weighted by molar-refractivity contribution is -0.122. The second-order valence-electron chi connectivity index (χ2n) is 8.02. The molecule has 1 amide bonds. The first-order valence-electron chi connectivity index (χ1n) is 10.7. The van der Waals surface area contributed by atoms with E-state index in [1.54, 1.807) is 4.90 Å². The number of hydrogen-bond acceptors (Lipinski definition) is 4. The summed E-state index contributed by atoms with van der Waals surface area (Å²) in [5.41, 5.74) is 5.38. The fourth-order valence-electron chi connectivity index (χ4n) is 3.42. The third kappa shape index (κ3) is 5.29. The van der Waals surface area contributed by atoms with Gasteiger partial charge in [0.05, 0.1) is 10.6 Å². The van der Waals surface area contributed by atoms with E-state index in [1.807, 2.05) is 74.8 Å². The van der Waals surface area contributed by atoms with Crippen molar-refractivity contribution in [2.45, 2.75) is 13.3 Å². The number of rotatable bonds is 6. The van der Waals surface area contributed by atoms with Crippen LogP contribution in [0, 0.1) is 6.92 Å². The normalized spacial score (nSPS) is 16.2. The quantitative estimate of drug-likeness (QED) is 0.446. The van der Waals surface area contributed by atoms with Gasteiger partial charge in [-0.05, 0) is 66.6 Å². The zero-order valence-electron chi connectivity index (χ0n) is 18.7. The maximum absolute atomic E-state index is 13.3. The Morgan fingerprint density at radius 1 is 0.938 bits per heavy atom. The molecule has 4 rings (SSSR count). The Kier molecular flexibility index (Phi) is 6.76. The molecule has 0 radical (unpaired) electrons. The van der Waals surface area contributed by atoms with E-state index in [9.17, 15) is 4.79 Å². The van der Waals surface area contributed by atoms with Crippen LogP contribution in [0.15, 0.2) is 88.8 Å². The topological polar surface area (TPSA) is 35.9 Å². The Morgan fingerprint density at radius 2 is 1.62 bits per heavy atom. The van der Waals surface area contributed by atoms with Gasteiger partial charge in [0.15, 0.2) is 5.17 Å². The number of aryl methyl sites for hydroxylation is 1. The average Bonchev–Trinajstić information content (AvgIpc) is 3.09. The van der Waals surface area contributed by atoms with Crippen molar-refractivity contribution in [3.05, 3.63) is 100 Å². The molecule has 0 aliphatic carbocycles. The molecule has 0 atom stereocenters. The molecule has 32 heavy (non-hydrogen) atoms. The first kappa shape index (κ1) is 21.9. The lowest BCUT2D eigenvalue weighted by Crippen LogP contribution is -2.31. The minimum Gasteiger partial charge on any atom is -0.378 e. The standard InChI is InChI=1S/C27H27N3OS/c1-20-9-13-23(14-10-20)28-27-30(18-17-21-7-5-4-6-8-21)26(31)25(32-27)19-22-11-15-24(16-12-22)29(2)3/h4-16,19H,17-18H2,1-3H3/b25-19-,28-27?. The Labute approximate surface area is 194 Å². The molecule has 1 saturated heterocycles. The van der Waals surface area contributed by atoms with Crippen molar-refractivity contribution in [3.63, 3.8) is 0 Å². The molecule has 1 fully saturated rings. The molecule has 0 N–H and O–H groups in total. The van der Waals surface area contributed by atoms with Crippen molar-refractivity contribution in [3.8, 4) is 0 Å². The third-order valence-corrected chi connectivity index (χ3v) is 6.33. The number of amidine groups is 1. The second kappa shape index (κ2) is 9.88. The molecule has 1 heterocycles. The summed E-state index contributed by atoms with van der Waals surface area (Å²) in [4.78, 5) is 22.7. The monoisotopic (exact) mass is 441 g/mol. The van der Waals surface area contributed by atoms with Gasteiger partial charge >= 0.3 is 0 Å². The predicted molar refractivity (Wildman–Crippen MR) is 136 cm³/mol. The second-order valence-corrected chi connectivity index (χ2v) is 9.03. The van der Waals surface area contributed by atoms with Gasteiger partial charge in [-0.3, -0.25) is 9.69 Å². The number of aliphatic imine (C=N–C) groups is 1. The molecule has 162 valence electrons. The van der Waals surface area contributed by atoms with Gasteiger partial charge in [-0.25, -0.2) is 4.99 Å². The highest BCUT2D eigenvalue weighted by Crippen LogP contribution is 2.34. The number of amides is 1. The van der Waals surface area contributed by atoms with Crippen LogP contribution in [0.2, 0.25) is 0 Å². The van der Waals surface area contributed by atoms with E-state index in [0.29, 0.717) is 11.4 Å². The summed E-state index contributed by atoms with van der Waals surface area (Å²) in [7, 11) is 4.03. The van der Waals surface area contributed by atoms with Crippen LogP contribution < -0.4 is 4.90 Å². The van der Waals surface area contributed by atoms with Crippen LogP contribution in [0.1, 0.15) is 16.7 Å². The molecular formula is C27H27N3OS. The highest BCUT2D eigenvalue weighted by atomic mass is 32.2. The number of anilines is 1. The van der Waals surface area contributed by atoms with Gasteiger partial charge in [0.2, 0.25) is 0 Å². The highest BCUT2D eigenvalue weighted by molar-refractivity contribution is 8.18. The summed E-state index contributed by atoms with van der Waals surface area (Å²) in [6.45, 7) is 2.65. The number of carbonyl (C=O) groups excluding carboxylic acids is 1. The van der Waals surface area contributed by atoms with E-state index in [-0.39, 0.29) is 5.91 Å². The zero-order valence-corrected chi connectivity index (χ0v) is 19.5. The van der Waals surface area contributed by atoms with Crippen molar-refractivity contribution < 1.29 is 4.79 Å². The third-order valence-electron chi connectivity index (χ3n) is 5.32. The van der Waals surface area contributed by atoms with Crippen LogP contribution >= 0.6 is 11.8 Å². The average molecular weight is 442 g/mol. The van der Waals surface area contributed by atoms with Crippen molar-refractivity contribution >= 4 is 40.3 Å². The summed E-state index contributed by atoms with van der Waals surface area (Å²) < 4.78 is 0. The van der Waals surface area contributed by atoms with Crippen molar-refractivity contribution in [1.82, 2.24) is 4.90 Å². The molecule has 3 aromatic rings. The van der Waals surface area contributed by atoms with Crippen LogP contribution in [-0.2, 0) is 11.2 Å². The van der Waals surface area contributed by atoms with E-state index < -0.39 is 0 Å². The molecule has 4 nitrogen and oxygen atoms in total. The van der Waals surface area contributed by atoms with Crippen LogP contribution in [0.5, 0.6) is 0 Å². The fourth-order valence-corrected chi connectivity index (χ4v) is 4.45.